The Morgan fingerprint density at radius 3 is 2.35 bits per heavy atom. The molecular formula is C15H18N2O6. The number of carboxylic acid groups (broad SMARTS) is 1. The van der Waals surface area contributed by atoms with E-state index in [0.717, 1.165) is 0 Å². The Morgan fingerprint density at radius 2 is 1.83 bits per heavy atom. The van der Waals surface area contributed by atoms with Gasteiger partial charge >= 0.3 is 5.97 Å². The Bertz CT molecular complexity index is 578. The Labute approximate surface area is 132 Å². The van der Waals surface area contributed by atoms with E-state index in [-0.39, 0.29) is 30.2 Å². The van der Waals surface area contributed by atoms with Crippen LogP contribution < -0.4 is 10.1 Å². The molecule has 0 aliphatic heterocycles. The molecule has 0 spiro atoms. The quantitative estimate of drug-likeness (QED) is 0.608. The number of non-ortho nitro benzene ring substituents is 1. The molecule has 1 saturated carbocycles. The number of ether oxygens (including phenoxy) is 1. The highest BCUT2D eigenvalue weighted by atomic mass is 16.6. The van der Waals surface area contributed by atoms with Crippen molar-refractivity contribution in [3.05, 3.63) is 34.4 Å². The maximum atomic E-state index is 11.8. The monoisotopic (exact) mass is 322 g/mol. The zero-order valence-electron chi connectivity index (χ0n) is 12.4. The number of carbonyl (C=O) groups is 2. The van der Waals surface area contributed by atoms with Gasteiger partial charge in [0.05, 0.1) is 10.8 Å². The Kier molecular flexibility index (Phi) is 5.51. The molecule has 0 aromatic heterocycles. The van der Waals surface area contributed by atoms with Gasteiger partial charge in [0.1, 0.15) is 5.75 Å². The van der Waals surface area contributed by atoms with Crippen molar-refractivity contribution in [2.24, 2.45) is 5.92 Å². The highest BCUT2D eigenvalue weighted by Crippen LogP contribution is 2.24. The summed E-state index contributed by atoms with van der Waals surface area (Å²) >= 11 is 0. The van der Waals surface area contributed by atoms with Gasteiger partial charge in [0.25, 0.3) is 11.6 Å². The topological polar surface area (TPSA) is 119 Å². The van der Waals surface area contributed by atoms with Crippen LogP contribution >= 0.6 is 0 Å². The minimum atomic E-state index is -0.781. The predicted octanol–water partition coefficient (Wildman–Crippen LogP) is 1.73. The lowest BCUT2D eigenvalue weighted by Crippen LogP contribution is -2.40. The number of carbonyl (C=O) groups excluding carboxylic acids is 1. The number of benzene rings is 1. The summed E-state index contributed by atoms with van der Waals surface area (Å²) in [6.07, 6.45) is 2.40. The summed E-state index contributed by atoms with van der Waals surface area (Å²) in [5, 5.41) is 22.3. The normalized spacial score (nSPS) is 20.5. The SMILES string of the molecule is O=C(COc1ccc([N+](=O)[O-])cc1)NC1CCC(C(=O)O)CC1. The third-order valence-corrected chi connectivity index (χ3v) is 3.86. The number of nitrogens with zero attached hydrogens (tertiary/aromatic N) is 1. The zero-order chi connectivity index (χ0) is 16.8. The van der Waals surface area contributed by atoms with Crippen molar-refractivity contribution in [3.63, 3.8) is 0 Å². The zero-order valence-corrected chi connectivity index (χ0v) is 12.4. The van der Waals surface area contributed by atoms with Gasteiger partial charge in [-0.25, -0.2) is 0 Å². The predicted molar refractivity (Wildman–Crippen MR) is 80.1 cm³/mol. The van der Waals surface area contributed by atoms with Crippen molar-refractivity contribution in [2.45, 2.75) is 31.7 Å². The van der Waals surface area contributed by atoms with Crippen LogP contribution in [0.2, 0.25) is 0 Å². The number of aliphatic carboxylic acids is 1. The maximum Gasteiger partial charge on any atom is 0.306 e. The molecule has 0 bridgehead atoms. The second-order valence-electron chi connectivity index (χ2n) is 5.49. The highest BCUT2D eigenvalue weighted by Gasteiger charge is 2.26. The fourth-order valence-electron chi connectivity index (χ4n) is 2.57. The Balaban J connectivity index is 1.73. The summed E-state index contributed by atoms with van der Waals surface area (Å²) in [6.45, 7) is -0.184. The van der Waals surface area contributed by atoms with Crippen molar-refractivity contribution in [3.8, 4) is 5.75 Å². The van der Waals surface area contributed by atoms with Gasteiger partial charge < -0.3 is 15.2 Å². The number of nitrogens with one attached hydrogen (secondary N) is 1. The van der Waals surface area contributed by atoms with E-state index in [4.69, 9.17) is 9.84 Å². The summed E-state index contributed by atoms with van der Waals surface area (Å²) in [4.78, 5) is 32.7. The van der Waals surface area contributed by atoms with Gasteiger partial charge in [-0.1, -0.05) is 0 Å². The fraction of sp³-hybridized carbons (Fsp3) is 0.467. The van der Waals surface area contributed by atoms with E-state index in [1.165, 1.54) is 24.3 Å². The standard InChI is InChI=1S/C15H18N2O6/c18-14(16-11-3-1-10(2-4-11)15(19)20)9-23-13-7-5-12(6-8-13)17(21)22/h5-8,10-11H,1-4,9H2,(H,16,18)(H,19,20). The highest BCUT2D eigenvalue weighted by molar-refractivity contribution is 5.78. The minimum Gasteiger partial charge on any atom is -0.484 e. The molecular weight excluding hydrogens is 304 g/mol. The van der Waals surface area contributed by atoms with Crippen molar-refractivity contribution < 1.29 is 24.4 Å². The molecule has 1 aliphatic rings. The molecule has 0 unspecified atom stereocenters. The summed E-state index contributed by atoms with van der Waals surface area (Å²) < 4.78 is 5.27. The van der Waals surface area contributed by atoms with Crippen LogP contribution in [0.1, 0.15) is 25.7 Å². The van der Waals surface area contributed by atoms with Crippen LogP contribution in [-0.4, -0.2) is 34.6 Å². The number of rotatable bonds is 6. The number of carboxylic acids is 1. The average Bonchev–Trinajstić information content (AvgIpc) is 2.54. The first kappa shape index (κ1) is 16.7. The molecule has 1 fully saturated rings. The molecule has 0 saturated heterocycles. The molecule has 124 valence electrons. The molecule has 0 radical (unpaired) electrons. The van der Waals surface area contributed by atoms with E-state index < -0.39 is 10.9 Å². The third kappa shape index (κ3) is 4.94. The first-order chi connectivity index (χ1) is 11.0. The van der Waals surface area contributed by atoms with Crippen LogP contribution in [0.25, 0.3) is 0 Å². The lowest BCUT2D eigenvalue weighted by molar-refractivity contribution is -0.384. The summed E-state index contributed by atoms with van der Waals surface area (Å²) in [5.74, 6) is -1.02. The van der Waals surface area contributed by atoms with Gasteiger partial charge in [-0.2, -0.15) is 0 Å². The molecule has 8 heteroatoms. The van der Waals surface area contributed by atoms with Crippen molar-refractivity contribution in [1.29, 1.82) is 0 Å². The molecule has 0 heterocycles. The number of hydrogen-bond acceptors (Lipinski definition) is 5. The molecule has 23 heavy (non-hydrogen) atoms. The van der Waals surface area contributed by atoms with Crippen molar-refractivity contribution in [1.82, 2.24) is 5.32 Å². The number of hydrogen-bond donors (Lipinski definition) is 2. The largest absolute Gasteiger partial charge is 0.484 e. The van der Waals surface area contributed by atoms with Crippen LogP contribution in [0.3, 0.4) is 0 Å². The van der Waals surface area contributed by atoms with Gasteiger partial charge in [-0.05, 0) is 37.8 Å². The van der Waals surface area contributed by atoms with Gasteiger partial charge in [0.2, 0.25) is 0 Å². The third-order valence-electron chi connectivity index (χ3n) is 3.86. The number of nitro groups is 1. The number of amides is 1. The first-order valence-corrected chi connectivity index (χ1v) is 7.35. The summed E-state index contributed by atoms with van der Waals surface area (Å²) in [6, 6.07) is 5.45. The average molecular weight is 322 g/mol. The molecule has 1 aromatic carbocycles. The molecule has 1 aromatic rings. The second-order valence-corrected chi connectivity index (χ2v) is 5.49. The molecule has 1 amide bonds. The molecule has 1 aliphatic carbocycles. The summed E-state index contributed by atoms with van der Waals surface area (Å²) in [7, 11) is 0. The van der Waals surface area contributed by atoms with Crippen LogP contribution in [-0.2, 0) is 9.59 Å². The van der Waals surface area contributed by atoms with Crippen LogP contribution in [0.4, 0.5) is 5.69 Å². The van der Waals surface area contributed by atoms with Gasteiger partial charge in [0.15, 0.2) is 6.61 Å². The van der Waals surface area contributed by atoms with E-state index in [1.807, 2.05) is 0 Å². The van der Waals surface area contributed by atoms with Gasteiger partial charge in [0, 0.05) is 18.2 Å². The lowest BCUT2D eigenvalue weighted by Gasteiger charge is -2.26. The summed E-state index contributed by atoms with van der Waals surface area (Å²) in [5.41, 5.74) is -0.0445. The molecule has 8 nitrogen and oxygen atoms in total. The van der Waals surface area contributed by atoms with Crippen LogP contribution in [0, 0.1) is 16.0 Å². The minimum absolute atomic E-state index is 0.0291. The lowest BCUT2D eigenvalue weighted by atomic mass is 9.86. The smallest absolute Gasteiger partial charge is 0.306 e. The van der Waals surface area contributed by atoms with Gasteiger partial charge in [-0.3, -0.25) is 19.7 Å². The van der Waals surface area contributed by atoms with E-state index in [1.54, 1.807) is 0 Å². The molecule has 2 rings (SSSR count). The van der Waals surface area contributed by atoms with E-state index >= 15 is 0 Å². The fourth-order valence-corrected chi connectivity index (χ4v) is 2.57. The first-order valence-electron chi connectivity index (χ1n) is 7.35. The number of nitro benzene ring substituents is 1. The molecule has 0 atom stereocenters. The van der Waals surface area contributed by atoms with Crippen LogP contribution in [0.5, 0.6) is 5.75 Å². The van der Waals surface area contributed by atoms with Crippen molar-refractivity contribution in [2.75, 3.05) is 6.61 Å². The second kappa shape index (κ2) is 7.57. The van der Waals surface area contributed by atoms with Crippen molar-refractivity contribution >= 4 is 17.6 Å². The Morgan fingerprint density at radius 1 is 1.22 bits per heavy atom. The molecule has 2 N–H and O–H groups in total. The van der Waals surface area contributed by atoms with Gasteiger partial charge in [-0.15, -0.1) is 0 Å². The van der Waals surface area contributed by atoms with Crippen LogP contribution in [0.15, 0.2) is 24.3 Å². The maximum absolute atomic E-state index is 11.8. The van der Waals surface area contributed by atoms with E-state index in [9.17, 15) is 19.7 Å². The Hall–Kier alpha value is -2.64. The van der Waals surface area contributed by atoms with E-state index in [0.29, 0.717) is 31.4 Å². The van der Waals surface area contributed by atoms with E-state index in [2.05, 4.69) is 5.32 Å².